The fourth-order valence-corrected chi connectivity index (χ4v) is 3.90. The summed E-state index contributed by atoms with van der Waals surface area (Å²) in [5.74, 6) is 2.51. The van der Waals surface area contributed by atoms with Crippen LogP contribution in [0.5, 0.6) is 0 Å². The van der Waals surface area contributed by atoms with Gasteiger partial charge in [-0.1, -0.05) is 42.3 Å². The Morgan fingerprint density at radius 2 is 1.88 bits per heavy atom. The molecule has 5 nitrogen and oxygen atoms in total. The van der Waals surface area contributed by atoms with Crippen LogP contribution in [0.4, 0.5) is 5.95 Å². The van der Waals surface area contributed by atoms with E-state index < -0.39 is 15.3 Å². The molecule has 0 fully saturated rings. The van der Waals surface area contributed by atoms with Crippen LogP contribution in [-0.2, 0) is 10.0 Å². The van der Waals surface area contributed by atoms with Gasteiger partial charge in [0.2, 0.25) is 16.0 Å². The molecule has 1 heterocycles. The number of hydrogen-bond donors (Lipinski definition) is 1. The van der Waals surface area contributed by atoms with Crippen LogP contribution in [0.2, 0.25) is 0 Å². The third-order valence-electron chi connectivity index (χ3n) is 4.11. The number of fused-ring (bicyclic) bond motifs is 1. The summed E-state index contributed by atoms with van der Waals surface area (Å²) >= 11 is 0. The van der Waals surface area contributed by atoms with Crippen molar-refractivity contribution in [1.29, 1.82) is 0 Å². The second-order valence-corrected chi connectivity index (χ2v) is 8.46. The quantitative estimate of drug-likeness (QED) is 0.720. The van der Waals surface area contributed by atoms with E-state index >= 15 is 0 Å². The largest absolute Gasteiger partial charge is 0.368 e. The summed E-state index contributed by atoms with van der Waals surface area (Å²) in [4.78, 5) is 4.18. The summed E-state index contributed by atoms with van der Waals surface area (Å²) < 4.78 is 26.5. The van der Waals surface area contributed by atoms with E-state index in [1.165, 1.54) is 0 Å². The molecule has 26 heavy (non-hydrogen) atoms. The average molecular weight is 365 g/mol. The lowest BCUT2D eigenvalue weighted by Crippen LogP contribution is -2.23. The maximum absolute atomic E-state index is 12.7. The third-order valence-corrected chi connectivity index (χ3v) is 6.20. The van der Waals surface area contributed by atoms with Crippen LogP contribution in [0.3, 0.4) is 0 Å². The van der Waals surface area contributed by atoms with Gasteiger partial charge in [0.25, 0.3) is 0 Å². The highest BCUT2D eigenvalue weighted by molar-refractivity contribution is 7.90. The van der Waals surface area contributed by atoms with Crippen molar-refractivity contribution >= 4 is 32.6 Å². The van der Waals surface area contributed by atoms with Crippen molar-refractivity contribution < 1.29 is 8.42 Å². The van der Waals surface area contributed by atoms with Crippen LogP contribution in [0.25, 0.3) is 16.6 Å². The van der Waals surface area contributed by atoms with Gasteiger partial charge < -0.3 is 5.73 Å². The second-order valence-electron chi connectivity index (χ2n) is 6.12. The molecule has 0 bridgehead atoms. The zero-order valence-corrected chi connectivity index (χ0v) is 15.4. The molecular weight excluding hydrogens is 346 g/mol. The normalized spacial score (nSPS) is 12.5. The van der Waals surface area contributed by atoms with Gasteiger partial charge in [0.15, 0.2) is 0 Å². The van der Waals surface area contributed by atoms with Crippen molar-refractivity contribution in [3.05, 3.63) is 65.7 Å². The number of allylic oxidation sites excluding steroid dienone is 1. The molecule has 0 aliphatic rings. The van der Waals surface area contributed by atoms with E-state index in [-0.39, 0.29) is 5.95 Å². The number of nitrogens with two attached hydrogens (primary N) is 1. The highest BCUT2D eigenvalue weighted by atomic mass is 32.2. The van der Waals surface area contributed by atoms with E-state index in [9.17, 15) is 8.42 Å². The maximum atomic E-state index is 12.7. The maximum Gasteiger partial charge on any atom is 0.244 e. The highest BCUT2D eigenvalue weighted by Gasteiger charge is 2.24. The first-order chi connectivity index (χ1) is 12.4. The number of imidazole rings is 1. The second kappa shape index (κ2) is 6.70. The molecule has 0 saturated heterocycles. The smallest absolute Gasteiger partial charge is 0.244 e. The number of aromatic nitrogens is 2. The van der Waals surface area contributed by atoms with Crippen molar-refractivity contribution in [2.75, 3.05) is 5.73 Å². The number of nitrogens with zero attached hydrogens (tertiary/aromatic N) is 2. The summed E-state index contributed by atoms with van der Waals surface area (Å²) in [6.07, 6.45) is 7.16. The van der Waals surface area contributed by atoms with E-state index in [1.54, 1.807) is 32.1 Å². The van der Waals surface area contributed by atoms with Gasteiger partial charge in [-0.05, 0) is 48.8 Å². The number of terminal acetylenes is 1. The molecule has 0 radical (unpaired) electrons. The van der Waals surface area contributed by atoms with Crippen LogP contribution in [0.1, 0.15) is 25.0 Å². The third kappa shape index (κ3) is 2.98. The van der Waals surface area contributed by atoms with Gasteiger partial charge >= 0.3 is 0 Å². The topological polar surface area (TPSA) is 78.0 Å². The van der Waals surface area contributed by atoms with E-state index in [1.807, 2.05) is 36.4 Å². The number of rotatable bonds is 4. The van der Waals surface area contributed by atoms with Gasteiger partial charge in [0.1, 0.15) is 0 Å². The Balaban J connectivity index is 2.27. The molecule has 0 atom stereocenters. The Hall–Kier alpha value is -3.04. The lowest BCUT2D eigenvalue weighted by Gasteiger charge is -2.12. The Morgan fingerprint density at radius 1 is 1.19 bits per heavy atom. The number of anilines is 1. The van der Waals surface area contributed by atoms with E-state index in [0.717, 1.165) is 20.7 Å². The Morgan fingerprint density at radius 3 is 2.50 bits per heavy atom. The van der Waals surface area contributed by atoms with Gasteiger partial charge in [-0.3, -0.25) is 0 Å². The average Bonchev–Trinajstić information content (AvgIpc) is 2.95. The monoisotopic (exact) mass is 365 g/mol. The molecule has 132 valence electrons. The predicted octanol–water partition coefficient (Wildman–Crippen LogP) is 3.27. The van der Waals surface area contributed by atoms with E-state index in [0.29, 0.717) is 11.0 Å². The molecule has 3 rings (SSSR count). The fraction of sp³-hybridized carbons (Fsp3) is 0.150. The number of benzene rings is 2. The molecule has 0 saturated carbocycles. The van der Waals surface area contributed by atoms with Crippen LogP contribution in [0.15, 0.2) is 54.6 Å². The molecule has 0 aliphatic carbocycles. The molecule has 6 heteroatoms. The number of hydrogen-bond acceptors (Lipinski definition) is 4. The van der Waals surface area contributed by atoms with E-state index in [4.69, 9.17) is 12.2 Å². The molecule has 0 aliphatic heterocycles. The van der Waals surface area contributed by atoms with Crippen molar-refractivity contribution in [3.8, 4) is 12.3 Å². The Kier molecular flexibility index (Phi) is 4.58. The van der Waals surface area contributed by atoms with Crippen molar-refractivity contribution in [3.63, 3.8) is 0 Å². The van der Waals surface area contributed by atoms with Gasteiger partial charge in [-0.2, -0.15) is 0 Å². The molecule has 0 unspecified atom stereocenters. The molecule has 2 N–H and O–H groups in total. The summed E-state index contributed by atoms with van der Waals surface area (Å²) in [5, 5.41) is -0.624. The van der Waals surface area contributed by atoms with Gasteiger partial charge in [-0.15, -0.1) is 6.42 Å². The first kappa shape index (κ1) is 17.8. The van der Waals surface area contributed by atoms with Crippen molar-refractivity contribution in [1.82, 2.24) is 8.96 Å². The zero-order valence-electron chi connectivity index (χ0n) is 14.5. The predicted molar refractivity (Wildman–Crippen MR) is 106 cm³/mol. The first-order valence-corrected chi connectivity index (χ1v) is 9.61. The number of nitrogen functional groups attached to an aromatic ring is 1. The molecule has 1 aromatic heterocycles. The summed E-state index contributed by atoms with van der Waals surface area (Å²) in [5.41, 5.74) is 9.41. The first-order valence-electron chi connectivity index (χ1n) is 8.10. The molecule has 0 amide bonds. The fourth-order valence-electron chi connectivity index (χ4n) is 2.75. The van der Waals surface area contributed by atoms with Crippen LogP contribution >= 0.6 is 0 Å². The minimum Gasteiger partial charge on any atom is -0.368 e. The zero-order chi connectivity index (χ0) is 18.9. The Labute approximate surface area is 153 Å². The summed E-state index contributed by atoms with van der Waals surface area (Å²) in [7, 11) is -3.64. The molecule has 2 aromatic carbocycles. The molecule has 3 aromatic rings. The lowest BCUT2D eigenvalue weighted by molar-refractivity contribution is 0.580. The van der Waals surface area contributed by atoms with Crippen LogP contribution < -0.4 is 5.73 Å². The minimum absolute atomic E-state index is 0.0481. The van der Waals surface area contributed by atoms with Gasteiger partial charge in [0.05, 0.1) is 16.3 Å². The van der Waals surface area contributed by atoms with Crippen molar-refractivity contribution in [2.45, 2.75) is 19.1 Å². The lowest BCUT2D eigenvalue weighted by atomic mass is 9.97. The minimum atomic E-state index is -3.64. The van der Waals surface area contributed by atoms with E-state index in [2.05, 4.69) is 10.9 Å². The van der Waals surface area contributed by atoms with Crippen LogP contribution in [-0.4, -0.2) is 22.6 Å². The Bertz CT molecular complexity index is 1140. The standard InChI is InChI=1S/C20H19N3O2S/c1-4-8-17(15-9-6-5-7-10-15)16-11-12-18-19(13-16)23(20(21)22-18)26(24,25)14(2)3/h1,5-14H,2-3H3,(H2,21,22)/b17-8+. The van der Waals surface area contributed by atoms with Crippen molar-refractivity contribution in [2.24, 2.45) is 0 Å². The van der Waals surface area contributed by atoms with Crippen LogP contribution in [0, 0.1) is 12.3 Å². The van der Waals surface area contributed by atoms with Gasteiger partial charge in [-0.25, -0.2) is 17.4 Å². The summed E-state index contributed by atoms with van der Waals surface area (Å²) in [6, 6.07) is 15.0. The summed E-state index contributed by atoms with van der Waals surface area (Å²) in [6.45, 7) is 3.22. The molecular formula is C20H19N3O2S. The van der Waals surface area contributed by atoms with Gasteiger partial charge in [0, 0.05) is 0 Å². The molecule has 0 spiro atoms. The SMILES string of the molecule is C#C/C=C(\c1ccccc1)c1ccc2nc(N)n(S(=O)(=O)C(C)C)c2c1. The highest BCUT2D eigenvalue weighted by Crippen LogP contribution is 2.29.